The first-order chi connectivity index (χ1) is 46.8. The molecule has 9 aliphatic carbocycles. The van der Waals surface area contributed by atoms with E-state index in [1.54, 1.807) is 16.7 Å². The number of rotatable bonds is 12. The Hall–Kier alpha value is -2.12. The summed E-state index contributed by atoms with van der Waals surface area (Å²) in [6, 6.07) is 4.46. The number of phenolic OH excluding ortho intramolecular Hbond substituents is 1. The molecule has 554 valence electrons. The molecule has 15 nitrogen and oxygen atoms in total. The summed E-state index contributed by atoms with van der Waals surface area (Å²) >= 11 is 0. The summed E-state index contributed by atoms with van der Waals surface area (Å²) in [5.74, 6) is 7.77. The number of phenols is 1. The van der Waals surface area contributed by atoms with E-state index in [9.17, 15) is 26.7 Å². The van der Waals surface area contributed by atoms with E-state index in [-0.39, 0.29) is 116 Å². The summed E-state index contributed by atoms with van der Waals surface area (Å²) < 4.78 is 74.8. The first kappa shape index (κ1) is 78.9. The number of hydrogen-bond donors (Lipinski definition) is 4. The van der Waals surface area contributed by atoms with Crippen LogP contribution < -0.4 is 14.2 Å². The number of ether oxygens (including phenoxy) is 3. The number of hydrogen-bond acceptors (Lipinski definition) is 11. The number of sulfonamides is 2. The Morgan fingerprint density at radius 2 is 1.30 bits per heavy atom. The number of aliphatic hydroxyl groups excluding tert-OH is 1. The van der Waals surface area contributed by atoms with Crippen LogP contribution in [-0.4, -0.2) is 126 Å². The molecule has 4 aliphatic heterocycles. The molecule has 0 bridgehead atoms. The normalized spacial score (nSPS) is 41.9. The number of nitrogens with zero attached hydrogens (tertiary/aromatic N) is 3. The zero-order chi connectivity index (χ0) is 71.1. The Labute approximate surface area is 629 Å². The number of fused-ring (bicyclic) bond motifs is 12. The summed E-state index contributed by atoms with van der Waals surface area (Å²) in [4.78, 5) is 19.7. The van der Waals surface area contributed by atoms with Gasteiger partial charge < -0.3 is 29.5 Å². The molecular weight excluding hydrogens is 1370 g/mol. The molecule has 4 N–H and O–H groups in total. The van der Waals surface area contributed by atoms with Gasteiger partial charge in [-0.25, -0.2) is 31.1 Å². The molecule has 6 saturated carbocycles. The molecule has 19 heteroatoms. The van der Waals surface area contributed by atoms with Gasteiger partial charge >= 0.3 is 30.5 Å². The molecule has 24 atom stereocenters. The molecule has 14 rings (SSSR count). The van der Waals surface area contributed by atoms with Crippen LogP contribution in [0, 0.1) is 87.8 Å². The van der Waals surface area contributed by atoms with Crippen molar-refractivity contribution in [3.8, 4) is 11.5 Å². The van der Waals surface area contributed by atoms with Crippen LogP contribution in [0.25, 0.3) is 5.32 Å². The van der Waals surface area contributed by atoms with Crippen molar-refractivity contribution in [1.82, 2.24) is 14.3 Å². The number of carbonyl (C=O) groups is 1. The van der Waals surface area contributed by atoms with Gasteiger partial charge in [0.1, 0.15) is 11.5 Å². The van der Waals surface area contributed by atoms with Gasteiger partial charge in [0.2, 0.25) is 20.0 Å². The summed E-state index contributed by atoms with van der Waals surface area (Å²) in [5, 5.41) is 24.5. The van der Waals surface area contributed by atoms with Crippen molar-refractivity contribution >= 4 is 33.8 Å². The van der Waals surface area contributed by atoms with E-state index in [0.717, 1.165) is 145 Å². The van der Waals surface area contributed by atoms with E-state index in [4.69, 9.17) is 24.6 Å². The molecular formula is C81H126BN5O10S2Y-. The Morgan fingerprint density at radius 3 is 1.83 bits per heavy atom. The summed E-state index contributed by atoms with van der Waals surface area (Å²) in [6.45, 7) is 31.4. The van der Waals surface area contributed by atoms with Crippen molar-refractivity contribution in [3.05, 3.63) is 74.7 Å². The second-order valence-electron chi connectivity index (χ2n) is 35.9. The second-order valence-corrected chi connectivity index (χ2v) is 39.5. The van der Waals surface area contributed by atoms with Gasteiger partial charge in [-0.15, -0.1) is 12.6 Å². The number of piperidine rings is 2. The third-order valence-corrected chi connectivity index (χ3v) is 31.0. The zero-order valence-corrected chi connectivity index (χ0v) is 67.9. The summed E-state index contributed by atoms with van der Waals surface area (Å²) in [6.07, 6.45) is 33.2. The van der Waals surface area contributed by atoms with Crippen LogP contribution in [0.5, 0.6) is 11.5 Å². The number of aliphatic hydroxyl groups is 1. The largest absolute Gasteiger partial charge is 0 e. The molecule has 100 heavy (non-hydrogen) atoms. The monoisotopic (exact) mass is 1490 g/mol. The van der Waals surface area contributed by atoms with Crippen LogP contribution in [0.4, 0.5) is 4.79 Å². The number of nitrogens with one attached hydrogen (secondary N) is 2. The number of unbranched alkanes of at least 4 members (excludes halogenated alkanes) is 2. The third-order valence-electron chi connectivity index (χ3n) is 29.5. The topological polar surface area (TPSA) is 207 Å². The van der Waals surface area contributed by atoms with Gasteiger partial charge in [-0.1, -0.05) is 113 Å². The standard InChI is InChI=1S/C51H76N2O6S.C29H47N2O3S.CH3BNO.Y/c1-10-11-12-13-35-24-44(54)47(42-22-31(4)14-16-38(42)30(2)3)45(25-35)58-49(55)53-29-32(5)23-46-48(53)34(7)51(59-46)21-19-39-40-17-15-36-26-37(52-60(9,56)57)18-20-50(36,8)43(40)27-41(39)33(6)28-51;1-17-12-26-27(30-16-17)19(3)29(34-26)11-9-22-23-7-6-20-13-21(31-35(5,32)33)8-10-28(20,4)25(23)14-24(22)18(2)15-29;2-3-1-4;/h22,24-25,32,34,36-40,42-43,46,48,52,54H,2,10-21,23,26-29H2,1,3-9H3;17,19-23,25-27,31H,6-16H2,1-5H3;4H,1H2;/q;-1;;/t32-,34+,36+,37+,38?,39-,40-,42?,43-,46+,48-,50-,51-;17-,19+,20+,21+,22-,23-,25-,26+,27-,28-,29-;;/m00../s1. The Kier molecular flexibility index (Phi) is 24.6. The first-order valence-corrected chi connectivity index (χ1v) is 43.1. The Bertz CT molecular complexity index is 3510. The van der Waals surface area contributed by atoms with Crippen LogP contribution >= 0.6 is 0 Å². The molecule has 1 aromatic carbocycles. The smallest absolute Gasteiger partial charge is 0 e. The van der Waals surface area contributed by atoms with Gasteiger partial charge in [0.15, 0.2) is 0 Å². The van der Waals surface area contributed by atoms with Crippen LogP contribution in [0.1, 0.15) is 254 Å². The van der Waals surface area contributed by atoms with Crippen molar-refractivity contribution in [2.24, 2.45) is 92.7 Å². The number of amides is 1. The fourth-order valence-corrected chi connectivity index (χ4v) is 26.3. The van der Waals surface area contributed by atoms with Gasteiger partial charge in [0.25, 0.3) is 0 Å². The Balaban J connectivity index is 0.000000213. The number of aryl methyl sites for hydroxylation is 1. The van der Waals surface area contributed by atoms with E-state index < -0.39 is 20.0 Å². The maximum absolute atomic E-state index is 14.8. The van der Waals surface area contributed by atoms with Crippen LogP contribution in [0.3, 0.4) is 0 Å². The number of carbonyl (C=O) groups excluding carboxylic acids is 1. The van der Waals surface area contributed by atoms with Gasteiger partial charge in [0.05, 0.1) is 35.9 Å². The molecule has 0 aromatic heterocycles. The molecule has 10 fully saturated rings. The average Bonchev–Trinajstić information content (AvgIpc) is 1.56. The minimum absolute atomic E-state index is 0. The van der Waals surface area contributed by atoms with Crippen molar-refractivity contribution in [2.75, 3.05) is 32.3 Å². The zero-order valence-electron chi connectivity index (χ0n) is 63.5. The minimum atomic E-state index is -3.21. The SMILES string of the molecule is C=C(C)C1CCC(C)=CC1c1c(O)cc(CCCCC)cc1OC(=O)N1C[C@@H](C)C[C@H]2O[C@]3(CC[C@@H]4C(=C(C)C3)C[C@H]3[C@H]4CC[C@@H]4C[C@H](NS(C)(=O)=O)CC[C@@]43C)[C@H](C)[C@@H]21.CC1=C2C[C@H]3[C@@H](CC[C@@H]4C[C@H](NS(C)(=O)=O)CC[C@@]43C)[C@@H]2CC[C@@]2(C1)O[C@@H]1C[C@H](C)C[N-][C@H]1[C@H]2C.[B]=NCO.[Y]. The van der Waals surface area contributed by atoms with Crippen LogP contribution in [-0.2, 0) is 68.7 Å². The average molecular weight is 1490 g/mol. The number of aromatic hydroxyl groups is 1. The Morgan fingerprint density at radius 1 is 0.760 bits per heavy atom. The van der Waals surface area contributed by atoms with Gasteiger partial charge in [-0.2, -0.15) is 0 Å². The van der Waals surface area contributed by atoms with E-state index in [1.165, 1.54) is 81.4 Å². The maximum Gasteiger partial charge on any atom is 0 e. The summed E-state index contributed by atoms with van der Waals surface area (Å²) in [5.41, 5.74) is 11.0. The van der Waals surface area contributed by atoms with Crippen molar-refractivity contribution < 1.29 is 78.8 Å². The van der Waals surface area contributed by atoms with E-state index in [1.807, 2.05) is 17.0 Å². The van der Waals surface area contributed by atoms with Crippen LogP contribution in [0.2, 0.25) is 0 Å². The van der Waals surface area contributed by atoms with Crippen molar-refractivity contribution in [1.29, 1.82) is 0 Å². The van der Waals surface area contributed by atoms with Gasteiger partial charge in [-0.3, -0.25) is 0 Å². The minimum Gasteiger partial charge on any atom is 0 e. The van der Waals surface area contributed by atoms with Crippen LogP contribution in [0.15, 0.2) is 63.1 Å². The first-order valence-electron chi connectivity index (χ1n) is 39.3. The second kappa shape index (κ2) is 31.2. The molecule has 1 amide bonds. The molecule has 4 saturated heterocycles. The number of likely N-dealkylation sites (tertiary alicyclic amines) is 1. The number of allylic oxidation sites excluding steroid dienone is 5. The predicted octanol–water partition coefficient (Wildman–Crippen LogP) is 16.5. The molecule has 4 heterocycles. The maximum atomic E-state index is 14.8. The molecule has 13 aliphatic rings. The molecule has 2 radical (unpaired) electrons. The van der Waals surface area contributed by atoms with Gasteiger partial charge in [0, 0.05) is 74.8 Å². The fourth-order valence-electron chi connectivity index (χ4n) is 24.7. The van der Waals surface area contributed by atoms with E-state index >= 15 is 0 Å². The predicted molar refractivity (Wildman–Crippen MR) is 396 cm³/mol. The third kappa shape index (κ3) is 15.8. The van der Waals surface area contributed by atoms with E-state index in [2.05, 4.69) is 111 Å². The molecule has 1 aromatic rings. The number of benzene rings is 1. The van der Waals surface area contributed by atoms with Crippen molar-refractivity contribution in [2.45, 2.75) is 297 Å². The van der Waals surface area contributed by atoms with Crippen molar-refractivity contribution in [3.63, 3.8) is 0 Å². The summed E-state index contributed by atoms with van der Waals surface area (Å²) in [7, 11) is -1.94. The van der Waals surface area contributed by atoms with Gasteiger partial charge in [-0.05, 0) is 275 Å². The quantitative estimate of drug-likeness (QED) is 0.0884. The fraction of sp³-hybridized carbons (Fsp3) is 0.815. The molecule has 2 spiro atoms. The molecule has 2 unspecified atom stereocenters. The van der Waals surface area contributed by atoms with E-state index in [0.29, 0.717) is 76.8 Å².